The Balaban J connectivity index is 1.71. The molecule has 1 aromatic carbocycles. The van der Waals surface area contributed by atoms with Crippen molar-refractivity contribution in [1.29, 1.82) is 0 Å². The summed E-state index contributed by atoms with van der Waals surface area (Å²) in [6.07, 6.45) is 0.980. The Labute approximate surface area is 101 Å². The molecule has 3 N–H and O–H groups in total. The zero-order valence-corrected chi connectivity index (χ0v) is 9.94. The minimum atomic E-state index is 0.718. The number of benzene rings is 1. The van der Waals surface area contributed by atoms with Crippen molar-refractivity contribution < 1.29 is 4.52 Å². The lowest BCUT2D eigenvalue weighted by atomic mass is 10.1. The highest BCUT2D eigenvalue weighted by Gasteiger charge is 1.99. The average Bonchev–Trinajstić information content (AvgIpc) is 2.73. The van der Waals surface area contributed by atoms with E-state index in [9.17, 15) is 0 Å². The second-order valence-corrected chi connectivity index (χ2v) is 4.10. The quantitative estimate of drug-likeness (QED) is 0.609. The van der Waals surface area contributed by atoms with E-state index in [0.717, 1.165) is 36.7 Å². The van der Waals surface area contributed by atoms with Gasteiger partial charge in [0.2, 0.25) is 0 Å². The van der Waals surface area contributed by atoms with Gasteiger partial charge in [-0.1, -0.05) is 17.3 Å². The number of aromatic nitrogens is 1. The summed E-state index contributed by atoms with van der Waals surface area (Å²) in [5.74, 6) is 0.875. The number of nitrogens with zero attached hydrogens (tertiary/aromatic N) is 1. The Hall–Kier alpha value is -1.81. The molecular formula is C13H17N3O. The molecule has 0 amide bonds. The molecule has 0 aliphatic rings. The van der Waals surface area contributed by atoms with Crippen LogP contribution < -0.4 is 11.1 Å². The molecule has 0 bridgehead atoms. The van der Waals surface area contributed by atoms with Crippen LogP contribution in [0.2, 0.25) is 0 Å². The van der Waals surface area contributed by atoms with Gasteiger partial charge in [-0.15, -0.1) is 0 Å². The molecule has 2 aromatic rings. The zero-order valence-electron chi connectivity index (χ0n) is 9.94. The molecule has 2 rings (SSSR count). The van der Waals surface area contributed by atoms with Gasteiger partial charge in [-0.25, -0.2) is 0 Å². The maximum Gasteiger partial charge on any atom is 0.150 e. The highest BCUT2D eigenvalue weighted by atomic mass is 16.5. The van der Waals surface area contributed by atoms with Crippen molar-refractivity contribution in [2.24, 2.45) is 0 Å². The van der Waals surface area contributed by atoms with Crippen LogP contribution in [0, 0.1) is 6.92 Å². The Kier molecular flexibility index (Phi) is 3.77. The molecule has 0 saturated heterocycles. The largest absolute Gasteiger partial charge is 0.399 e. The van der Waals surface area contributed by atoms with E-state index in [1.807, 2.05) is 25.1 Å². The summed E-state index contributed by atoms with van der Waals surface area (Å²) in [7, 11) is 0. The third-order valence-electron chi connectivity index (χ3n) is 2.55. The molecule has 17 heavy (non-hydrogen) atoms. The van der Waals surface area contributed by atoms with Crippen molar-refractivity contribution in [1.82, 2.24) is 10.5 Å². The topological polar surface area (TPSA) is 64.1 Å². The maximum absolute atomic E-state index is 5.62. The third-order valence-corrected chi connectivity index (χ3v) is 2.55. The molecule has 0 unspecified atom stereocenters. The van der Waals surface area contributed by atoms with Crippen LogP contribution in [0.25, 0.3) is 0 Å². The van der Waals surface area contributed by atoms with Gasteiger partial charge in [0.15, 0.2) is 5.76 Å². The Morgan fingerprint density at radius 3 is 2.71 bits per heavy atom. The highest BCUT2D eigenvalue weighted by molar-refractivity contribution is 5.39. The summed E-state index contributed by atoms with van der Waals surface area (Å²) in [5.41, 5.74) is 8.62. The molecule has 0 spiro atoms. The van der Waals surface area contributed by atoms with E-state index < -0.39 is 0 Å². The van der Waals surface area contributed by atoms with Gasteiger partial charge >= 0.3 is 0 Å². The van der Waals surface area contributed by atoms with Gasteiger partial charge in [-0.2, -0.15) is 0 Å². The van der Waals surface area contributed by atoms with Crippen molar-refractivity contribution in [2.45, 2.75) is 19.9 Å². The minimum Gasteiger partial charge on any atom is -0.399 e. The van der Waals surface area contributed by atoms with E-state index in [1.54, 1.807) is 0 Å². The van der Waals surface area contributed by atoms with Gasteiger partial charge in [0.05, 0.1) is 12.2 Å². The molecule has 90 valence electrons. The lowest BCUT2D eigenvalue weighted by molar-refractivity contribution is 0.370. The summed E-state index contributed by atoms with van der Waals surface area (Å²) in [6.45, 7) is 3.54. The third kappa shape index (κ3) is 3.60. The molecule has 0 atom stereocenters. The number of hydrogen-bond donors (Lipinski definition) is 2. The van der Waals surface area contributed by atoms with E-state index in [1.165, 1.54) is 5.56 Å². The second kappa shape index (κ2) is 5.50. The number of rotatable bonds is 5. The van der Waals surface area contributed by atoms with Gasteiger partial charge in [0, 0.05) is 11.8 Å². The number of nitrogen functional groups attached to an aromatic ring is 1. The Morgan fingerprint density at radius 1 is 1.29 bits per heavy atom. The SMILES string of the molecule is Cc1cc(CNCCc2ccc(N)cc2)on1. The van der Waals surface area contributed by atoms with Crippen molar-refractivity contribution in [3.8, 4) is 0 Å². The van der Waals surface area contributed by atoms with Crippen LogP contribution in [0.4, 0.5) is 5.69 Å². The van der Waals surface area contributed by atoms with E-state index in [-0.39, 0.29) is 0 Å². The fourth-order valence-electron chi connectivity index (χ4n) is 1.63. The molecule has 0 saturated carbocycles. The Morgan fingerprint density at radius 2 is 2.06 bits per heavy atom. The molecule has 0 aliphatic heterocycles. The monoisotopic (exact) mass is 231 g/mol. The van der Waals surface area contributed by atoms with Crippen LogP contribution in [-0.2, 0) is 13.0 Å². The van der Waals surface area contributed by atoms with Crippen molar-refractivity contribution in [2.75, 3.05) is 12.3 Å². The van der Waals surface area contributed by atoms with Crippen LogP contribution in [0.15, 0.2) is 34.9 Å². The zero-order chi connectivity index (χ0) is 12.1. The molecular weight excluding hydrogens is 214 g/mol. The van der Waals surface area contributed by atoms with Crippen molar-refractivity contribution in [3.63, 3.8) is 0 Å². The molecule has 0 fully saturated rings. The first kappa shape index (κ1) is 11.7. The first-order valence-electron chi connectivity index (χ1n) is 5.71. The molecule has 0 radical (unpaired) electrons. The Bertz CT molecular complexity index is 462. The molecule has 4 nitrogen and oxygen atoms in total. The van der Waals surface area contributed by atoms with E-state index >= 15 is 0 Å². The fourth-order valence-corrected chi connectivity index (χ4v) is 1.63. The van der Waals surface area contributed by atoms with Crippen LogP contribution >= 0.6 is 0 Å². The van der Waals surface area contributed by atoms with Gasteiger partial charge in [0.25, 0.3) is 0 Å². The van der Waals surface area contributed by atoms with Gasteiger partial charge in [-0.3, -0.25) is 0 Å². The van der Waals surface area contributed by atoms with Crippen LogP contribution in [0.5, 0.6) is 0 Å². The van der Waals surface area contributed by atoms with E-state index in [4.69, 9.17) is 10.3 Å². The van der Waals surface area contributed by atoms with Gasteiger partial charge in [0.1, 0.15) is 0 Å². The fraction of sp³-hybridized carbons (Fsp3) is 0.308. The normalized spacial score (nSPS) is 10.6. The summed E-state index contributed by atoms with van der Waals surface area (Å²) in [4.78, 5) is 0. The van der Waals surface area contributed by atoms with E-state index in [2.05, 4.69) is 22.6 Å². The lowest BCUT2D eigenvalue weighted by Crippen LogP contribution is -2.16. The lowest BCUT2D eigenvalue weighted by Gasteiger charge is -2.03. The number of nitrogens with two attached hydrogens (primary N) is 1. The number of nitrogens with one attached hydrogen (secondary N) is 1. The molecule has 0 aliphatic carbocycles. The van der Waals surface area contributed by atoms with Crippen molar-refractivity contribution >= 4 is 5.69 Å². The smallest absolute Gasteiger partial charge is 0.150 e. The summed E-state index contributed by atoms with van der Waals surface area (Å²) in [6, 6.07) is 9.89. The molecule has 4 heteroatoms. The number of hydrogen-bond acceptors (Lipinski definition) is 4. The average molecular weight is 231 g/mol. The van der Waals surface area contributed by atoms with Crippen LogP contribution in [0.1, 0.15) is 17.0 Å². The minimum absolute atomic E-state index is 0.718. The molecule has 1 heterocycles. The number of aryl methyl sites for hydroxylation is 1. The summed E-state index contributed by atoms with van der Waals surface area (Å²) >= 11 is 0. The van der Waals surface area contributed by atoms with Crippen molar-refractivity contribution in [3.05, 3.63) is 47.3 Å². The summed E-state index contributed by atoms with van der Waals surface area (Å²) < 4.78 is 5.10. The summed E-state index contributed by atoms with van der Waals surface area (Å²) in [5, 5.41) is 7.15. The maximum atomic E-state index is 5.62. The van der Waals surface area contributed by atoms with E-state index in [0.29, 0.717) is 0 Å². The highest BCUT2D eigenvalue weighted by Crippen LogP contribution is 2.06. The standard InChI is InChI=1S/C13H17N3O/c1-10-8-13(17-16-10)9-15-7-6-11-2-4-12(14)5-3-11/h2-5,8,15H,6-7,9,14H2,1H3. The van der Waals surface area contributed by atoms with Gasteiger partial charge in [-0.05, 0) is 37.6 Å². The second-order valence-electron chi connectivity index (χ2n) is 4.10. The predicted octanol–water partition coefficient (Wildman–Crippen LogP) is 1.90. The molecule has 1 aromatic heterocycles. The number of anilines is 1. The first-order valence-corrected chi connectivity index (χ1v) is 5.71. The van der Waals surface area contributed by atoms with Crippen LogP contribution in [-0.4, -0.2) is 11.7 Å². The first-order chi connectivity index (χ1) is 8.24. The predicted molar refractivity (Wildman–Crippen MR) is 67.5 cm³/mol. The van der Waals surface area contributed by atoms with Gasteiger partial charge < -0.3 is 15.6 Å². The van der Waals surface area contributed by atoms with Crippen LogP contribution in [0.3, 0.4) is 0 Å².